The molecule has 243 valence electrons. The Hall–Kier alpha value is -6.84. The summed E-state index contributed by atoms with van der Waals surface area (Å²) in [5.41, 5.74) is 1.06. The van der Waals surface area contributed by atoms with Gasteiger partial charge in [0.1, 0.15) is 0 Å². The first-order valence-corrected chi connectivity index (χ1v) is 14.0. The number of phenols is 8. The molecule has 8 N–H and O–H groups in total. The summed E-state index contributed by atoms with van der Waals surface area (Å²) in [6.45, 7) is 0. The van der Waals surface area contributed by atoms with E-state index in [0.717, 1.165) is 0 Å². The molecule has 0 unspecified atom stereocenters. The molecule has 3 aromatic heterocycles. The maximum atomic E-state index is 10.4. The summed E-state index contributed by atoms with van der Waals surface area (Å²) in [5.74, 6) is -3.65. The quantitative estimate of drug-likeness (QED) is 0.0825. The molecule has 0 atom stereocenters. The molecule has 5 heterocycles. The average Bonchev–Trinajstić information content (AvgIpc) is 3.74. The van der Waals surface area contributed by atoms with Gasteiger partial charge in [0.05, 0.1) is 23.3 Å². The van der Waals surface area contributed by atoms with E-state index < -0.39 is 46.0 Å². The second-order valence-electron chi connectivity index (χ2n) is 11.0. The van der Waals surface area contributed by atoms with Gasteiger partial charge < -0.3 is 70.8 Å². The molecule has 0 aliphatic carbocycles. The number of nitrogens with zero attached hydrogens (tertiary/aromatic N) is 8. The normalized spacial score (nSPS) is 11.8. The van der Waals surface area contributed by atoms with Gasteiger partial charge in [-0.1, -0.05) is 0 Å². The Balaban J connectivity index is 0.00000348. The number of phenolic OH excluding ortho intramolecular Hbond substituents is 8. The number of aromatic hydroxyl groups is 8. The summed E-state index contributed by atoms with van der Waals surface area (Å²) in [7, 11) is 0. The van der Waals surface area contributed by atoms with Crippen molar-refractivity contribution in [3.63, 3.8) is 0 Å². The fourth-order valence-corrected chi connectivity index (χ4v) is 5.75. The zero-order valence-corrected chi connectivity index (χ0v) is 25.0. The third-order valence-corrected chi connectivity index (χ3v) is 8.08. The largest absolute Gasteiger partial charge is 2.00 e. The van der Waals surface area contributed by atoms with Crippen LogP contribution in [0, 0.1) is 0 Å². The van der Waals surface area contributed by atoms with E-state index in [0.29, 0.717) is 0 Å². The van der Waals surface area contributed by atoms with Crippen LogP contribution in [0.15, 0.2) is 48.5 Å². The first-order valence-electron chi connectivity index (χ1n) is 14.0. The molecule has 0 amide bonds. The van der Waals surface area contributed by atoms with Crippen molar-refractivity contribution in [1.29, 1.82) is 0 Å². The van der Waals surface area contributed by atoms with Crippen molar-refractivity contribution in [2.24, 2.45) is 0 Å². The predicted molar refractivity (Wildman–Crippen MR) is 167 cm³/mol. The molecular weight excluding hydrogens is 688 g/mol. The molecule has 7 aromatic rings. The van der Waals surface area contributed by atoms with Gasteiger partial charge in [-0.05, 0) is 70.1 Å². The maximum Gasteiger partial charge on any atom is 2.00 e. The zero-order valence-electron chi connectivity index (χ0n) is 24.1. The molecular formula is C32H16CuN8O8. The van der Waals surface area contributed by atoms with Crippen molar-refractivity contribution in [2.45, 2.75) is 0 Å². The molecule has 1 radical (unpaired) electrons. The van der Waals surface area contributed by atoms with Crippen molar-refractivity contribution in [1.82, 2.24) is 39.9 Å². The van der Waals surface area contributed by atoms with Crippen LogP contribution in [0.3, 0.4) is 0 Å². The zero-order chi connectivity index (χ0) is 33.2. The van der Waals surface area contributed by atoms with Gasteiger partial charge >= 0.3 is 17.1 Å². The molecule has 0 saturated carbocycles. The summed E-state index contributed by atoms with van der Waals surface area (Å²) in [6.07, 6.45) is 0. The van der Waals surface area contributed by atoms with Crippen LogP contribution in [-0.4, -0.2) is 70.8 Å². The number of hydrogen-bond acceptors (Lipinski definition) is 14. The summed E-state index contributed by atoms with van der Waals surface area (Å²) < 4.78 is 0. The third-order valence-electron chi connectivity index (χ3n) is 8.08. The predicted octanol–water partition coefficient (Wildman–Crippen LogP) is 3.77. The van der Waals surface area contributed by atoms with Gasteiger partial charge in [-0.25, -0.2) is 9.97 Å². The molecule has 16 nitrogen and oxygen atoms in total. The van der Waals surface area contributed by atoms with Crippen molar-refractivity contribution in [3.05, 3.63) is 48.5 Å². The van der Waals surface area contributed by atoms with E-state index in [-0.39, 0.29) is 107 Å². The monoisotopic (exact) mass is 703 g/mol. The molecule has 0 fully saturated rings. The minimum atomic E-state index is -0.459. The summed E-state index contributed by atoms with van der Waals surface area (Å²) in [6, 6.07) is 9.95. The van der Waals surface area contributed by atoms with Gasteiger partial charge in [0.25, 0.3) is 0 Å². The van der Waals surface area contributed by atoms with E-state index in [2.05, 4.69) is 39.9 Å². The molecule has 0 saturated heterocycles. The first-order chi connectivity index (χ1) is 23.0. The average molecular weight is 704 g/mol. The summed E-state index contributed by atoms with van der Waals surface area (Å²) in [5, 5.41) is 84.0. The second-order valence-corrected chi connectivity index (χ2v) is 11.0. The molecule has 0 spiro atoms. The molecule has 4 aromatic carbocycles. The third kappa shape index (κ3) is 4.30. The van der Waals surface area contributed by atoms with Crippen LogP contribution in [0.4, 0.5) is 0 Å². The van der Waals surface area contributed by atoms with E-state index in [1.807, 2.05) is 0 Å². The molecule has 8 bridgehead atoms. The van der Waals surface area contributed by atoms with Crippen LogP contribution < -0.4 is 9.97 Å². The molecule has 17 heteroatoms. The molecule has 49 heavy (non-hydrogen) atoms. The fraction of sp³-hybridized carbons (Fsp3) is 0. The first kappa shape index (κ1) is 29.6. The molecule has 2 aliphatic heterocycles. The Morgan fingerprint density at radius 2 is 0.510 bits per heavy atom. The van der Waals surface area contributed by atoms with Gasteiger partial charge in [-0.15, -0.1) is 0 Å². The standard InChI is InChI=1S/C32H16N8O8.Cu/c41-17-1-9-10(2-18(17)42)26-33-25(9)37-27-11-3-19(43)20(44)4-12(11)29(34-27)39-31-15-7-23(47)24(48)8-16(15)32(36-31)40-30-14-6-22(46)21(45)5-13(14)28(35-30)38-26;/h1-8H,(H8-2,33,34,35,36,37,38,39,40,41,42,43,44,45,46,47,48);/q-2;+2. The van der Waals surface area contributed by atoms with E-state index in [4.69, 9.17) is 0 Å². The van der Waals surface area contributed by atoms with Crippen molar-refractivity contribution < 1.29 is 57.9 Å². The van der Waals surface area contributed by atoms with Crippen LogP contribution in [0.2, 0.25) is 0 Å². The van der Waals surface area contributed by atoms with Gasteiger partial charge in [-0.2, -0.15) is 0 Å². The van der Waals surface area contributed by atoms with Crippen LogP contribution in [0.5, 0.6) is 46.0 Å². The van der Waals surface area contributed by atoms with E-state index in [1.165, 1.54) is 48.5 Å². The van der Waals surface area contributed by atoms with Crippen LogP contribution in [0.1, 0.15) is 0 Å². The number of hydrogen-bond donors (Lipinski definition) is 8. The van der Waals surface area contributed by atoms with E-state index in [9.17, 15) is 40.9 Å². The van der Waals surface area contributed by atoms with Crippen molar-refractivity contribution >= 4 is 44.1 Å². The van der Waals surface area contributed by atoms with E-state index >= 15 is 0 Å². The molecule has 9 rings (SSSR count). The van der Waals surface area contributed by atoms with Gasteiger partial charge in [0, 0.05) is 44.8 Å². The SMILES string of the molecule is Oc1cc2c(cc1O)-c1nc-2nc2[n-]c(nc3nc(nc4[n-]c(n1)c1cc(O)c(O)cc41)-c1cc(O)c(O)cc1-3)c1cc(O)c(O)cc21.[Cu+2]. The number of fused-ring (bicyclic) bond motifs is 20. The van der Waals surface area contributed by atoms with Crippen molar-refractivity contribution in [2.75, 3.05) is 0 Å². The van der Waals surface area contributed by atoms with Crippen LogP contribution >= 0.6 is 0 Å². The van der Waals surface area contributed by atoms with Gasteiger partial charge in [0.15, 0.2) is 46.0 Å². The topological polar surface area (TPSA) is 267 Å². The van der Waals surface area contributed by atoms with E-state index in [1.54, 1.807) is 0 Å². The number of aromatic nitrogens is 8. The van der Waals surface area contributed by atoms with Gasteiger partial charge in [-0.3, -0.25) is 0 Å². The molecule has 2 aliphatic rings. The second kappa shape index (κ2) is 10.1. The van der Waals surface area contributed by atoms with Crippen LogP contribution in [-0.2, 0) is 17.1 Å². The Labute approximate surface area is 281 Å². The fourth-order valence-electron chi connectivity index (χ4n) is 5.75. The van der Waals surface area contributed by atoms with Crippen LogP contribution in [0.25, 0.3) is 89.7 Å². The smallest absolute Gasteiger partial charge is 0.504 e. The summed E-state index contributed by atoms with van der Waals surface area (Å²) >= 11 is 0. The number of benzene rings is 4. The Bertz CT molecular complexity index is 2430. The number of rotatable bonds is 0. The van der Waals surface area contributed by atoms with Gasteiger partial charge in [0.2, 0.25) is 0 Å². The minimum absolute atomic E-state index is 0. The minimum Gasteiger partial charge on any atom is -0.504 e. The Kier molecular flexibility index (Phi) is 6.08. The Morgan fingerprint density at radius 3 is 0.735 bits per heavy atom. The summed E-state index contributed by atoms with van der Waals surface area (Å²) in [4.78, 5) is 36.6. The maximum absolute atomic E-state index is 10.4. The van der Waals surface area contributed by atoms with Crippen molar-refractivity contribution in [3.8, 4) is 91.5 Å². The Morgan fingerprint density at radius 1 is 0.306 bits per heavy atom.